The lowest BCUT2D eigenvalue weighted by Crippen LogP contribution is -2.49. The molecule has 5 heteroatoms. The molecule has 0 saturated heterocycles. The lowest BCUT2D eigenvalue weighted by atomic mass is 9.97. The van der Waals surface area contributed by atoms with Gasteiger partial charge in [0.25, 0.3) is 0 Å². The number of nitrogens with two attached hydrogens (primary N) is 1. The van der Waals surface area contributed by atoms with Crippen LogP contribution in [-0.4, -0.2) is 51.4 Å². The summed E-state index contributed by atoms with van der Waals surface area (Å²) in [7, 11) is 0. The van der Waals surface area contributed by atoms with E-state index in [1.54, 1.807) is 0 Å². The number of aliphatic hydroxyl groups is 4. The standard InChI is InChI=1S/C20H43NO4/c1-2-3-4-5-6-7-8-9-10-11-12-13-14-15-18(23)20(25)19(24)17(21)16-22/h17-20,22-25H,2-16,21H2,1H3/t17-,18?,19-,20?/m0/s1. The van der Waals surface area contributed by atoms with E-state index in [4.69, 9.17) is 10.8 Å². The predicted octanol–water partition coefficient (Wildman–Crippen LogP) is 2.87. The zero-order chi connectivity index (χ0) is 18.9. The zero-order valence-corrected chi connectivity index (χ0v) is 16.3. The normalized spacial score (nSPS) is 16.6. The molecule has 0 radical (unpaired) electrons. The monoisotopic (exact) mass is 361 g/mol. The Morgan fingerprint density at radius 2 is 1.04 bits per heavy atom. The van der Waals surface area contributed by atoms with Gasteiger partial charge in [0.2, 0.25) is 0 Å². The average molecular weight is 362 g/mol. The summed E-state index contributed by atoms with van der Waals surface area (Å²) in [4.78, 5) is 0. The second-order valence-electron chi connectivity index (χ2n) is 7.43. The van der Waals surface area contributed by atoms with Crippen LogP contribution in [0.2, 0.25) is 0 Å². The number of rotatable bonds is 18. The van der Waals surface area contributed by atoms with Gasteiger partial charge in [-0.05, 0) is 6.42 Å². The first kappa shape index (κ1) is 24.8. The fourth-order valence-electron chi connectivity index (χ4n) is 3.13. The van der Waals surface area contributed by atoms with Gasteiger partial charge < -0.3 is 26.2 Å². The third-order valence-corrected chi connectivity index (χ3v) is 5.00. The van der Waals surface area contributed by atoms with Crippen molar-refractivity contribution in [1.29, 1.82) is 0 Å². The van der Waals surface area contributed by atoms with Crippen LogP contribution in [0.4, 0.5) is 0 Å². The molecule has 5 nitrogen and oxygen atoms in total. The summed E-state index contributed by atoms with van der Waals surface area (Å²) in [5.41, 5.74) is 5.46. The van der Waals surface area contributed by atoms with Gasteiger partial charge in [0, 0.05) is 0 Å². The SMILES string of the molecule is CCCCCCCCCCCCCCCC(O)C(O)[C@@H](O)[C@@H](N)CO. The second kappa shape index (κ2) is 17.2. The summed E-state index contributed by atoms with van der Waals surface area (Å²) in [5, 5.41) is 38.2. The summed E-state index contributed by atoms with van der Waals surface area (Å²) in [6.07, 6.45) is 13.3. The molecule has 25 heavy (non-hydrogen) atoms. The van der Waals surface area contributed by atoms with E-state index in [1.165, 1.54) is 64.2 Å². The highest BCUT2D eigenvalue weighted by Crippen LogP contribution is 2.15. The molecule has 0 aromatic carbocycles. The lowest BCUT2D eigenvalue weighted by Gasteiger charge is -2.26. The van der Waals surface area contributed by atoms with Gasteiger partial charge in [-0.3, -0.25) is 0 Å². The summed E-state index contributed by atoms with van der Waals surface area (Å²) in [5.74, 6) is 0. The highest BCUT2D eigenvalue weighted by Gasteiger charge is 2.28. The third kappa shape index (κ3) is 13.6. The van der Waals surface area contributed by atoms with E-state index in [-0.39, 0.29) is 0 Å². The third-order valence-electron chi connectivity index (χ3n) is 5.00. The van der Waals surface area contributed by atoms with Gasteiger partial charge in [0.15, 0.2) is 0 Å². The van der Waals surface area contributed by atoms with Gasteiger partial charge in [0.1, 0.15) is 6.10 Å². The topological polar surface area (TPSA) is 107 Å². The highest BCUT2D eigenvalue weighted by atomic mass is 16.4. The van der Waals surface area contributed by atoms with Crippen LogP contribution in [0.1, 0.15) is 96.8 Å². The fraction of sp³-hybridized carbons (Fsp3) is 1.00. The molecule has 4 atom stereocenters. The molecular weight excluding hydrogens is 318 g/mol. The van der Waals surface area contributed by atoms with Crippen LogP contribution in [-0.2, 0) is 0 Å². The molecule has 0 heterocycles. The largest absolute Gasteiger partial charge is 0.395 e. The Hall–Kier alpha value is -0.200. The molecule has 0 aromatic heterocycles. The minimum absolute atomic E-state index is 0.413. The molecule has 0 aliphatic rings. The van der Waals surface area contributed by atoms with Gasteiger partial charge in [0.05, 0.1) is 24.9 Å². The molecule has 0 aliphatic carbocycles. The number of unbranched alkanes of at least 4 members (excludes halogenated alkanes) is 12. The lowest BCUT2D eigenvalue weighted by molar-refractivity contribution is -0.0754. The number of aliphatic hydroxyl groups excluding tert-OH is 4. The van der Waals surface area contributed by atoms with Gasteiger partial charge in [-0.15, -0.1) is 0 Å². The van der Waals surface area contributed by atoms with Crippen molar-refractivity contribution in [3.05, 3.63) is 0 Å². The first-order valence-electron chi connectivity index (χ1n) is 10.4. The summed E-state index contributed by atoms with van der Waals surface area (Å²) < 4.78 is 0. The zero-order valence-electron chi connectivity index (χ0n) is 16.3. The fourth-order valence-corrected chi connectivity index (χ4v) is 3.13. The van der Waals surface area contributed by atoms with Crippen molar-refractivity contribution in [3.8, 4) is 0 Å². The molecule has 0 spiro atoms. The molecule has 6 N–H and O–H groups in total. The highest BCUT2D eigenvalue weighted by molar-refractivity contribution is 4.82. The Kier molecular flexibility index (Phi) is 17.1. The average Bonchev–Trinajstić information content (AvgIpc) is 2.63. The van der Waals surface area contributed by atoms with E-state index in [1.807, 2.05) is 0 Å². The van der Waals surface area contributed by atoms with Crippen molar-refractivity contribution in [2.45, 2.75) is 121 Å². The Morgan fingerprint density at radius 3 is 1.44 bits per heavy atom. The first-order chi connectivity index (χ1) is 12.0. The second-order valence-corrected chi connectivity index (χ2v) is 7.43. The summed E-state index contributed by atoms with van der Waals surface area (Å²) >= 11 is 0. The maximum absolute atomic E-state index is 9.86. The molecule has 0 rings (SSSR count). The Balaban J connectivity index is 3.40. The molecule has 0 amide bonds. The molecule has 0 aliphatic heterocycles. The maximum Gasteiger partial charge on any atom is 0.107 e. The van der Waals surface area contributed by atoms with Crippen LogP contribution < -0.4 is 5.73 Å². The minimum atomic E-state index is -1.29. The van der Waals surface area contributed by atoms with E-state index >= 15 is 0 Å². The van der Waals surface area contributed by atoms with Crippen molar-refractivity contribution in [3.63, 3.8) is 0 Å². The van der Waals surface area contributed by atoms with E-state index in [9.17, 15) is 15.3 Å². The Morgan fingerprint density at radius 1 is 0.640 bits per heavy atom. The van der Waals surface area contributed by atoms with Crippen LogP contribution >= 0.6 is 0 Å². The van der Waals surface area contributed by atoms with Crippen LogP contribution in [0.3, 0.4) is 0 Å². The summed E-state index contributed by atoms with van der Waals surface area (Å²) in [6.45, 7) is 1.84. The van der Waals surface area contributed by atoms with Gasteiger partial charge >= 0.3 is 0 Å². The van der Waals surface area contributed by atoms with Gasteiger partial charge in [-0.1, -0.05) is 90.4 Å². The van der Waals surface area contributed by atoms with Crippen molar-refractivity contribution >= 4 is 0 Å². The number of hydrogen-bond donors (Lipinski definition) is 5. The van der Waals surface area contributed by atoms with Crippen LogP contribution in [0.15, 0.2) is 0 Å². The van der Waals surface area contributed by atoms with Crippen LogP contribution in [0.25, 0.3) is 0 Å². The van der Waals surface area contributed by atoms with Crippen molar-refractivity contribution < 1.29 is 20.4 Å². The van der Waals surface area contributed by atoms with E-state index < -0.39 is 31.0 Å². The summed E-state index contributed by atoms with van der Waals surface area (Å²) in [6, 6.07) is -0.920. The molecule has 0 fully saturated rings. The van der Waals surface area contributed by atoms with E-state index in [0.717, 1.165) is 19.3 Å². The molecule has 0 aromatic rings. The van der Waals surface area contributed by atoms with Crippen molar-refractivity contribution in [2.24, 2.45) is 5.73 Å². The van der Waals surface area contributed by atoms with E-state index in [0.29, 0.717) is 6.42 Å². The molecule has 152 valence electrons. The molecule has 0 bridgehead atoms. The Bertz CT molecular complexity index is 278. The van der Waals surface area contributed by atoms with Crippen LogP contribution in [0.5, 0.6) is 0 Å². The first-order valence-corrected chi connectivity index (χ1v) is 10.4. The minimum Gasteiger partial charge on any atom is -0.395 e. The van der Waals surface area contributed by atoms with Crippen molar-refractivity contribution in [1.82, 2.24) is 0 Å². The predicted molar refractivity (Wildman–Crippen MR) is 103 cm³/mol. The Labute approximate surface area is 154 Å². The van der Waals surface area contributed by atoms with E-state index in [2.05, 4.69) is 6.92 Å². The number of hydrogen-bond acceptors (Lipinski definition) is 5. The maximum atomic E-state index is 9.86. The van der Waals surface area contributed by atoms with Gasteiger partial charge in [-0.25, -0.2) is 0 Å². The quantitative estimate of drug-likeness (QED) is 0.241. The molecular formula is C20H43NO4. The van der Waals surface area contributed by atoms with Crippen molar-refractivity contribution in [2.75, 3.05) is 6.61 Å². The molecule has 0 saturated carbocycles. The molecule has 2 unspecified atom stereocenters. The van der Waals surface area contributed by atoms with Gasteiger partial charge in [-0.2, -0.15) is 0 Å². The smallest absolute Gasteiger partial charge is 0.107 e. The van der Waals surface area contributed by atoms with Crippen LogP contribution in [0, 0.1) is 0 Å².